The molecule has 2 aliphatic rings. The molecule has 1 saturated carbocycles. The van der Waals surface area contributed by atoms with Crippen molar-refractivity contribution in [1.29, 1.82) is 0 Å². The average Bonchev–Trinajstić information content (AvgIpc) is 3.37. The number of hydrogen-bond donors (Lipinski definition) is 3. The van der Waals surface area contributed by atoms with E-state index >= 15 is 0 Å². The van der Waals surface area contributed by atoms with Crippen molar-refractivity contribution >= 4 is 45.9 Å². The van der Waals surface area contributed by atoms with E-state index < -0.39 is 10.0 Å². The lowest BCUT2D eigenvalue weighted by Crippen LogP contribution is -2.45. The van der Waals surface area contributed by atoms with Crippen molar-refractivity contribution < 1.29 is 13.2 Å². The Kier molecular flexibility index (Phi) is 9.35. The maximum atomic E-state index is 12.6. The summed E-state index contributed by atoms with van der Waals surface area (Å²) >= 11 is 0. The molecule has 0 radical (unpaired) electrons. The number of benzene rings is 1. The number of aliphatic imine (C=N–C) groups is 1. The van der Waals surface area contributed by atoms with Crippen LogP contribution in [0.1, 0.15) is 44.6 Å². The molecule has 1 atom stereocenters. The third-order valence-corrected chi connectivity index (χ3v) is 6.45. The van der Waals surface area contributed by atoms with Crippen molar-refractivity contribution in [2.75, 3.05) is 19.6 Å². The molecule has 1 amide bonds. The molecular formula is C20H32IN5O3S. The zero-order valence-corrected chi connectivity index (χ0v) is 20.5. The molecule has 1 aromatic carbocycles. The van der Waals surface area contributed by atoms with Gasteiger partial charge in [-0.2, -0.15) is 0 Å². The van der Waals surface area contributed by atoms with Gasteiger partial charge < -0.3 is 15.5 Å². The summed E-state index contributed by atoms with van der Waals surface area (Å²) in [6, 6.07) is 6.66. The minimum Gasteiger partial charge on any atom is -0.357 e. The van der Waals surface area contributed by atoms with Crippen molar-refractivity contribution in [3.8, 4) is 0 Å². The van der Waals surface area contributed by atoms with Crippen LogP contribution in [0, 0.1) is 5.92 Å². The zero-order chi connectivity index (χ0) is 20.9. The van der Waals surface area contributed by atoms with Gasteiger partial charge in [0.1, 0.15) is 0 Å². The number of carbonyl (C=O) groups excluding carboxylic acids is 1. The molecule has 1 aliphatic heterocycles. The Bertz CT molecular complexity index is 856. The number of primary sulfonamides is 1. The van der Waals surface area contributed by atoms with Crippen LogP contribution in [0.15, 0.2) is 34.2 Å². The molecule has 10 heteroatoms. The Morgan fingerprint density at radius 3 is 2.67 bits per heavy atom. The summed E-state index contributed by atoms with van der Waals surface area (Å²) in [5.74, 6) is 1.17. The first kappa shape index (κ1) is 24.9. The number of hydrogen-bond acceptors (Lipinski definition) is 4. The average molecular weight is 549 g/mol. The van der Waals surface area contributed by atoms with Crippen LogP contribution < -0.4 is 15.8 Å². The van der Waals surface area contributed by atoms with Gasteiger partial charge >= 0.3 is 0 Å². The van der Waals surface area contributed by atoms with Crippen LogP contribution >= 0.6 is 24.0 Å². The number of carbonyl (C=O) groups is 1. The van der Waals surface area contributed by atoms with Crippen molar-refractivity contribution in [3.63, 3.8) is 0 Å². The fourth-order valence-corrected chi connectivity index (χ4v) is 4.60. The largest absolute Gasteiger partial charge is 0.357 e. The topological polar surface area (TPSA) is 117 Å². The van der Waals surface area contributed by atoms with Crippen molar-refractivity contribution in [1.82, 2.24) is 15.5 Å². The number of likely N-dealkylation sites (tertiary alicyclic amines) is 1. The van der Waals surface area contributed by atoms with Crippen LogP contribution in [0.4, 0.5) is 0 Å². The molecule has 0 spiro atoms. The fraction of sp³-hybridized carbons (Fsp3) is 0.600. The van der Waals surface area contributed by atoms with Crippen LogP contribution in [0.25, 0.3) is 0 Å². The van der Waals surface area contributed by atoms with Crippen LogP contribution in [-0.4, -0.2) is 50.9 Å². The SMILES string of the molecule is CCNC(=NCc1cccc(S(N)(=O)=O)c1)NC1CCN(C(=O)C2CCCC2)C1.I. The number of rotatable bonds is 6. The Labute approximate surface area is 196 Å². The summed E-state index contributed by atoms with van der Waals surface area (Å²) in [6.07, 6.45) is 5.26. The Morgan fingerprint density at radius 1 is 1.27 bits per heavy atom. The molecule has 4 N–H and O–H groups in total. The van der Waals surface area contributed by atoms with Crippen LogP contribution in [0.3, 0.4) is 0 Å². The van der Waals surface area contributed by atoms with Gasteiger partial charge in [0.05, 0.1) is 11.4 Å². The van der Waals surface area contributed by atoms with Crippen molar-refractivity contribution in [2.45, 2.75) is 56.5 Å². The number of sulfonamides is 1. The van der Waals surface area contributed by atoms with E-state index in [1.807, 2.05) is 17.9 Å². The highest BCUT2D eigenvalue weighted by atomic mass is 127. The molecule has 1 aromatic rings. The highest BCUT2D eigenvalue weighted by molar-refractivity contribution is 14.0. The van der Waals surface area contributed by atoms with E-state index in [1.165, 1.54) is 6.07 Å². The van der Waals surface area contributed by atoms with Gasteiger partial charge in [0, 0.05) is 31.6 Å². The van der Waals surface area contributed by atoms with Gasteiger partial charge in [-0.05, 0) is 43.9 Å². The molecule has 2 fully saturated rings. The number of nitrogens with one attached hydrogen (secondary N) is 2. The Morgan fingerprint density at radius 2 is 2.00 bits per heavy atom. The van der Waals surface area contributed by atoms with Crippen LogP contribution in [0.2, 0.25) is 0 Å². The third-order valence-electron chi connectivity index (χ3n) is 5.54. The summed E-state index contributed by atoms with van der Waals surface area (Å²) < 4.78 is 23.0. The number of nitrogens with two attached hydrogens (primary N) is 1. The van der Waals surface area contributed by atoms with Crippen molar-refractivity contribution in [2.24, 2.45) is 16.0 Å². The number of nitrogens with zero attached hydrogens (tertiary/aromatic N) is 2. The fourth-order valence-electron chi connectivity index (χ4n) is 4.01. The Balaban J connectivity index is 0.00000320. The normalized spacial score (nSPS) is 20.1. The number of guanidine groups is 1. The summed E-state index contributed by atoms with van der Waals surface area (Å²) in [5.41, 5.74) is 0.762. The van der Waals surface area contributed by atoms with Gasteiger partial charge in [0.25, 0.3) is 0 Å². The quantitative estimate of drug-likeness (QED) is 0.284. The third kappa shape index (κ3) is 6.81. The molecular weight excluding hydrogens is 517 g/mol. The summed E-state index contributed by atoms with van der Waals surface area (Å²) in [4.78, 5) is 19.3. The van der Waals surface area contributed by atoms with E-state index in [1.54, 1.807) is 12.1 Å². The van der Waals surface area contributed by atoms with Crippen LogP contribution in [-0.2, 0) is 21.4 Å². The summed E-state index contributed by atoms with van der Waals surface area (Å²) in [6.45, 7) is 4.50. The van der Waals surface area contributed by atoms with E-state index in [0.29, 0.717) is 31.5 Å². The van der Waals surface area contributed by atoms with E-state index in [0.717, 1.165) is 44.2 Å². The summed E-state index contributed by atoms with van der Waals surface area (Å²) in [7, 11) is -3.73. The van der Waals surface area contributed by atoms with Gasteiger partial charge in [-0.3, -0.25) is 4.79 Å². The number of amides is 1. The smallest absolute Gasteiger partial charge is 0.238 e. The highest BCUT2D eigenvalue weighted by Crippen LogP contribution is 2.27. The van der Waals surface area contributed by atoms with Crippen LogP contribution in [0.5, 0.6) is 0 Å². The van der Waals surface area contributed by atoms with E-state index in [4.69, 9.17) is 5.14 Å². The highest BCUT2D eigenvalue weighted by Gasteiger charge is 2.32. The molecule has 1 saturated heterocycles. The first-order chi connectivity index (χ1) is 13.9. The van der Waals surface area contributed by atoms with Gasteiger partial charge in [-0.1, -0.05) is 25.0 Å². The van der Waals surface area contributed by atoms with E-state index in [-0.39, 0.29) is 40.8 Å². The number of halogens is 1. The zero-order valence-electron chi connectivity index (χ0n) is 17.3. The minimum absolute atomic E-state index is 0. The first-order valence-corrected chi connectivity index (χ1v) is 11.9. The van der Waals surface area contributed by atoms with Gasteiger partial charge in [0.15, 0.2) is 5.96 Å². The molecule has 0 aromatic heterocycles. The van der Waals surface area contributed by atoms with Gasteiger partial charge in [-0.15, -0.1) is 24.0 Å². The molecule has 0 bridgehead atoms. The predicted molar refractivity (Wildman–Crippen MR) is 128 cm³/mol. The molecule has 168 valence electrons. The molecule has 1 heterocycles. The standard InChI is InChI=1S/C20H31N5O3S.HI/c1-2-22-20(23-13-15-6-5-9-18(12-15)29(21,27)28)24-17-10-11-25(14-17)19(26)16-7-3-4-8-16;/h5-6,9,12,16-17H,2-4,7-8,10-11,13-14H2,1H3,(H2,21,27,28)(H2,22,23,24);1H. The monoisotopic (exact) mass is 549 g/mol. The predicted octanol–water partition coefficient (Wildman–Crippen LogP) is 1.80. The summed E-state index contributed by atoms with van der Waals surface area (Å²) in [5, 5.41) is 11.8. The lowest BCUT2D eigenvalue weighted by atomic mass is 10.1. The maximum Gasteiger partial charge on any atom is 0.238 e. The lowest BCUT2D eigenvalue weighted by molar-refractivity contribution is -0.134. The maximum absolute atomic E-state index is 12.6. The minimum atomic E-state index is -3.73. The molecule has 3 rings (SSSR count). The second-order valence-electron chi connectivity index (χ2n) is 7.78. The lowest BCUT2D eigenvalue weighted by Gasteiger charge is -2.21. The first-order valence-electron chi connectivity index (χ1n) is 10.3. The van der Waals surface area contributed by atoms with E-state index in [9.17, 15) is 13.2 Å². The Hall–Kier alpha value is -1.40. The molecule has 8 nitrogen and oxygen atoms in total. The molecule has 1 aliphatic carbocycles. The second kappa shape index (κ2) is 11.3. The van der Waals surface area contributed by atoms with Gasteiger partial charge in [0.2, 0.25) is 15.9 Å². The second-order valence-corrected chi connectivity index (χ2v) is 9.34. The van der Waals surface area contributed by atoms with Crippen molar-refractivity contribution in [3.05, 3.63) is 29.8 Å². The van der Waals surface area contributed by atoms with Gasteiger partial charge in [-0.25, -0.2) is 18.5 Å². The molecule has 30 heavy (non-hydrogen) atoms. The van der Waals surface area contributed by atoms with E-state index in [2.05, 4.69) is 15.6 Å². The molecule has 1 unspecified atom stereocenters.